The summed E-state index contributed by atoms with van der Waals surface area (Å²) in [5, 5.41) is 3.15. The van der Waals surface area contributed by atoms with Crippen LogP contribution in [0.2, 0.25) is 0 Å². The molecule has 0 bridgehead atoms. The Hall–Kier alpha value is -0.570. The zero-order valence-electron chi connectivity index (χ0n) is 8.51. The molecule has 12 heavy (non-hydrogen) atoms. The van der Waals surface area contributed by atoms with Crippen LogP contribution in [-0.4, -0.2) is 44.5 Å². The van der Waals surface area contributed by atoms with Crippen molar-refractivity contribution < 1.29 is 0 Å². The minimum Gasteiger partial charge on any atom is -0.375 e. The summed E-state index contributed by atoms with van der Waals surface area (Å²) in [6.07, 6.45) is 2.93. The topological polar surface area (TPSA) is 27.6 Å². The van der Waals surface area contributed by atoms with Crippen LogP contribution in [0.4, 0.5) is 0 Å². The van der Waals surface area contributed by atoms with Crippen LogP contribution in [0.3, 0.4) is 0 Å². The van der Waals surface area contributed by atoms with Gasteiger partial charge in [0.25, 0.3) is 0 Å². The molecule has 0 aromatic heterocycles. The Kier molecular flexibility index (Phi) is 8.12. The number of hydrogen-bond donors (Lipinski definition) is 1. The Bertz CT molecular complexity index is 112. The first-order valence-corrected chi connectivity index (χ1v) is 4.71. The molecule has 0 saturated carbocycles. The van der Waals surface area contributed by atoms with Gasteiger partial charge in [0.15, 0.2) is 0 Å². The number of nitrogens with one attached hydrogen (secondary N) is 1. The summed E-state index contributed by atoms with van der Waals surface area (Å²) in [6.45, 7) is 8.38. The maximum atomic E-state index is 4.16. The fourth-order valence-electron chi connectivity index (χ4n) is 0.736. The van der Waals surface area contributed by atoms with Crippen LogP contribution in [0.15, 0.2) is 4.99 Å². The highest BCUT2D eigenvalue weighted by atomic mass is 15.1. The Balaban J connectivity index is 3.09. The van der Waals surface area contributed by atoms with E-state index in [1.54, 1.807) is 0 Å². The summed E-state index contributed by atoms with van der Waals surface area (Å²) < 4.78 is 0. The summed E-state index contributed by atoms with van der Waals surface area (Å²) in [5.41, 5.74) is 0. The minimum atomic E-state index is 0.927. The van der Waals surface area contributed by atoms with E-state index in [1.807, 2.05) is 6.34 Å². The average molecular weight is 171 g/mol. The highest BCUT2D eigenvalue weighted by Gasteiger charge is 1.90. The molecule has 0 saturated heterocycles. The molecule has 0 atom stereocenters. The number of aliphatic imine (C=N–C) groups is 1. The second kappa shape index (κ2) is 8.53. The molecule has 72 valence electrons. The van der Waals surface area contributed by atoms with Crippen molar-refractivity contribution in [3.63, 3.8) is 0 Å². The van der Waals surface area contributed by atoms with E-state index in [1.165, 1.54) is 0 Å². The lowest BCUT2D eigenvalue weighted by Crippen LogP contribution is -2.28. The fraction of sp³-hybridized carbons (Fsp3) is 0.889. The largest absolute Gasteiger partial charge is 0.375 e. The molecule has 0 aliphatic carbocycles. The Morgan fingerprint density at radius 1 is 1.42 bits per heavy atom. The summed E-state index contributed by atoms with van der Waals surface area (Å²) >= 11 is 0. The quantitative estimate of drug-likeness (QED) is 0.351. The van der Waals surface area contributed by atoms with Crippen LogP contribution in [0.5, 0.6) is 0 Å². The van der Waals surface area contributed by atoms with E-state index in [9.17, 15) is 0 Å². The van der Waals surface area contributed by atoms with Crippen molar-refractivity contribution in [2.24, 2.45) is 4.99 Å². The zero-order chi connectivity index (χ0) is 9.23. The average Bonchev–Trinajstić information content (AvgIpc) is 2.10. The van der Waals surface area contributed by atoms with Gasteiger partial charge in [-0.15, -0.1) is 0 Å². The van der Waals surface area contributed by atoms with Crippen LogP contribution >= 0.6 is 0 Å². The lowest BCUT2D eigenvalue weighted by molar-refractivity contribution is 0.358. The lowest BCUT2D eigenvalue weighted by Gasteiger charge is -2.12. The van der Waals surface area contributed by atoms with E-state index in [4.69, 9.17) is 0 Å². The molecule has 0 spiro atoms. The predicted molar refractivity (Wildman–Crippen MR) is 54.8 cm³/mol. The molecule has 0 rings (SSSR count). The second-order valence-corrected chi connectivity index (χ2v) is 2.89. The molecule has 0 heterocycles. The van der Waals surface area contributed by atoms with E-state index in [0.717, 1.165) is 32.6 Å². The first-order chi connectivity index (χ1) is 5.81. The summed E-state index contributed by atoms with van der Waals surface area (Å²) in [6, 6.07) is 0. The molecular formula is C9H21N3. The molecule has 0 unspecified atom stereocenters. The van der Waals surface area contributed by atoms with E-state index >= 15 is 0 Å². The Morgan fingerprint density at radius 2 is 2.17 bits per heavy atom. The molecule has 0 aliphatic heterocycles. The first-order valence-electron chi connectivity index (χ1n) is 4.71. The molecule has 0 amide bonds. The van der Waals surface area contributed by atoms with E-state index in [2.05, 4.69) is 36.1 Å². The minimum absolute atomic E-state index is 0.927. The van der Waals surface area contributed by atoms with Gasteiger partial charge in [0, 0.05) is 19.6 Å². The van der Waals surface area contributed by atoms with Gasteiger partial charge in [0.2, 0.25) is 0 Å². The smallest absolute Gasteiger partial charge is 0.0824 e. The number of hydrogen-bond acceptors (Lipinski definition) is 2. The SMILES string of the molecule is CCCN=CNCCN(C)CC. The van der Waals surface area contributed by atoms with Gasteiger partial charge in [0.1, 0.15) is 0 Å². The monoisotopic (exact) mass is 171 g/mol. The molecule has 3 nitrogen and oxygen atoms in total. The first kappa shape index (κ1) is 11.4. The van der Waals surface area contributed by atoms with Gasteiger partial charge in [0.05, 0.1) is 6.34 Å². The zero-order valence-corrected chi connectivity index (χ0v) is 8.51. The lowest BCUT2D eigenvalue weighted by atomic mass is 10.5. The number of rotatable bonds is 7. The molecular weight excluding hydrogens is 150 g/mol. The van der Waals surface area contributed by atoms with Crippen LogP contribution in [-0.2, 0) is 0 Å². The van der Waals surface area contributed by atoms with Crippen molar-refractivity contribution in [2.75, 3.05) is 33.2 Å². The van der Waals surface area contributed by atoms with Gasteiger partial charge < -0.3 is 10.2 Å². The van der Waals surface area contributed by atoms with Gasteiger partial charge in [-0.3, -0.25) is 4.99 Å². The Morgan fingerprint density at radius 3 is 2.75 bits per heavy atom. The molecule has 0 radical (unpaired) electrons. The molecule has 0 aromatic carbocycles. The normalized spacial score (nSPS) is 11.3. The van der Waals surface area contributed by atoms with Gasteiger partial charge in [-0.05, 0) is 20.0 Å². The molecule has 0 fully saturated rings. The van der Waals surface area contributed by atoms with Gasteiger partial charge >= 0.3 is 0 Å². The van der Waals surface area contributed by atoms with Gasteiger partial charge in [-0.25, -0.2) is 0 Å². The second-order valence-electron chi connectivity index (χ2n) is 2.89. The summed E-state index contributed by atoms with van der Waals surface area (Å²) in [4.78, 5) is 6.42. The molecule has 1 N–H and O–H groups in total. The van der Waals surface area contributed by atoms with E-state index in [-0.39, 0.29) is 0 Å². The molecule has 0 aliphatic rings. The van der Waals surface area contributed by atoms with E-state index < -0.39 is 0 Å². The maximum absolute atomic E-state index is 4.16. The highest BCUT2D eigenvalue weighted by Crippen LogP contribution is 1.77. The third-order valence-electron chi connectivity index (χ3n) is 1.71. The third-order valence-corrected chi connectivity index (χ3v) is 1.71. The fourth-order valence-corrected chi connectivity index (χ4v) is 0.736. The number of nitrogens with zero attached hydrogens (tertiary/aromatic N) is 2. The van der Waals surface area contributed by atoms with Crippen LogP contribution in [0.1, 0.15) is 20.3 Å². The van der Waals surface area contributed by atoms with Crippen LogP contribution in [0, 0.1) is 0 Å². The van der Waals surface area contributed by atoms with Crippen molar-refractivity contribution in [1.82, 2.24) is 10.2 Å². The van der Waals surface area contributed by atoms with Crippen molar-refractivity contribution >= 4 is 6.34 Å². The van der Waals surface area contributed by atoms with Crippen molar-refractivity contribution in [3.8, 4) is 0 Å². The summed E-state index contributed by atoms with van der Waals surface area (Å²) in [5.74, 6) is 0. The predicted octanol–water partition coefficient (Wildman–Crippen LogP) is 0.966. The maximum Gasteiger partial charge on any atom is 0.0824 e. The standard InChI is InChI=1S/C9H21N3/c1-4-6-10-9-11-7-8-12(3)5-2/h9H,4-8H2,1-3H3,(H,10,11). The Labute approximate surface area is 75.9 Å². The van der Waals surface area contributed by atoms with Crippen molar-refractivity contribution in [1.29, 1.82) is 0 Å². The summed E-state index contributed by atoms with van der Waals surface area (Å²) in [7, 11) is 2.12. The van der Waals surface area contributed by atoms with Crippen molar-refractivity contribution in [2.45, 2.75) is 20.3 Å². The van der Waals surface area contributed by atoms with Gasteiger partial charge in [-0.2, -0.15) is 0 Å². The molecule has 0 aromatic rings. The molecule has 3 heteroatoms. The van der Waals surface area contributed by atoms with E-state index in [0.29, 0.717) is 0 Å². The van der Waals surface area contributed by atoms with Gasteiger partial charge in [-0.1, -0.05) is 13.8 Å². The van der Waals surface area contributed by atoms with Crippen LogP contribution < -0.4 is 5.32 Å². The van der Waals surface area contributed by atoms with Crippen LogP contribution in [0.25, 0.3) is 0 Å². The van der Waals surface area contributed by atoms with Crippen molar-refractivity contribution in [3.05, 3.63) is 0 Å². The number of likely N-dealkylation sites (N-methyl/N-ethyl adjacent to an activating group) is 1. The third kappa shape index (κ3) is 7.54. The highest BCUT2D eigenvalue weighted by molar-refractivity contribution is 5.53.